The number of phenolic OH excluding ortho intramolecular Hbond substituents is 1. The van der Waals surface area contributed by atoms with Gasteiger partial charge in [-0.25, -0.2) is 4.99 Å². The second-order valence-corrected chi connectivity index (χ2v) is 7.39. The van der Waals surface area contributed by atoms with Crippen LogP contribution >= 0.6 is 0 Å². The molecule has 2 N–H and O–H groups in total. The van der Waals surface area contributed by atoms with E-state index in [1.165, 1.54) is 0 Å². The second-order valence-electron chi connectivity index (χ2n) is 7.39. The van der Waals surface area contributed by atoms with Crippen LogP contribution in [0.5, 0.6) is 11.5 Å². The van der Waals surface area contributed by atoms with Crippen LogP contribution in [-0.2, 0) is 0 Å². The van der Waals surface area contributed by atoms with Crippen LogP contribution < -0.4 is 34.1 Å². The summed E-state index contributed by atoms with van der Waals surface area (Å²) in [5.41, 5.74) is 3.24. The maximum Gasteiger partial charge on any atom is 1.00 e. The van der Waals surface area contributed by atoms with Gasteiger partial charge < -0.3 is 34.2 Å². The third-order valence-electron chi connectivity index (χ3n) is 4.13. The Kier molecular flexibility index (Phi) is 17.6. The quantitative estimate of drug-likeness (QED) is 0.330. The summed E-state index contributed by atoms with van der Waals surface area (Å²) in [6, 6.07) is 33.4. The Morgan fingerprint density at radius 1 is 0.750 bits per heavy atom. The number of benzene rings is 4. The zero-order valence-corrected chi connectivity index (χ0v) is 21.3. The number of aliphatic imine (C=N–C) groups is 1. The summed E-state index contributed by atoms with van der Waals surface area (Å²) in [4.78, 5) is 7.33. The largest absolute Gasteiger partial charge is 1.00 e. The molecule has 4 rings (SSSR count). The minimum atomic E-state index is -0.417. The number of aromatic hydroxyl groups is 1. The summed E-state index contributed by atoms with van der Waals surface area (Å²) in [7, 11) is 0. The molecule has 36 heavy (non-hydrogen) atoms. The third kappa shape index (κ3) is 13.8. The van der Waals surface area contributed by atoms with Crippen molar-refractivity contribution in [2.24, 2.45) is 4.99 Å². The van der Waals surface area contributed by atoms with Crippen molar-refractivity contribution in [2.45, 2.75) is 20.0 Å². The van der Waals surface area contributed by atoms with Gasteiger partial charge in [0, 0.05) is 29.5 Å². The van der Waals surface area contributed by atoms with Gasteiger partial charge in [-0.15, -0.1) is 6.10 Å². The number of para-hydroxylation sites is 4. The van der Waals surface area contributed by atoms with Gasteiger partial charge in [0.2, 0.25) is 5.69 Å². The number of hydrogen-bond donors (Lipinski definition) is 2. The van der Waals surface area contributed by atoms with Gasteiger partial charge in [-0.05, 0) is 30.3 Å². The van der Waals surface area contributed by atoms with Gasteiger partial charge in [-0.2, -0.15) is 0 Å². The Morgan fingerprint density at radius 2 is 1.22 bits per heavy atom. The molecule has 0 saturated carbocycles. The van der Waals surface area contributed by atoms with Crippen molar-refractivity contribution in [2.75, 3.05) is 0 Å². The van der Waals surface area contributed by atoms with E-state index in [4.69, 9.17) is 0 Å². The van der Waals surface area contributed by atoms with E-state index >= 15 is 0 Å². The van der Waals surface area contributed by atoms with E-state index in [-0.39, 0.29) is 49.2 Å². The molecule has 0 spiro atoms. The smallest absolute Gasteiger partial charge is 1.00 e. The van der Waals surface area contributed by atoms with Gasteiger partial charge in [-0.3, -0.25) is 4.99 Å². The van der Waals surface area contributed by atoms with Crippen molar-refractivity contribution in [1.29, 1.82) is 0 Å². The summed E-state index contributed by atoms with van der Waals surface area (Å²) in [6.07, 6.45) is 2.96. The summed E-state index contributed by atoms with van der Waals surface area (Å²) in [5.74, 6) is 0.276. The SMILES string of the molecule is CC(C)[O-].Oc1ccccc1C=Nc1ccccc1.[Li+].[Li-].[O-]c1ccccc1C=[NH+]c1ccccc1. The molecule has 0 aliphatic carbocycles. The van der Waals surface area contributed by atoms with Crippen LogP contribution in [0.2, 0.25) is 0 Å². The van der Waals surface area contributed by atoms with Gasteiger partial charge in [-0.1, -0.05) is 86.3 Å². The van der Waals surface area contributed by atoms with Crippen molar-refractivity contribution in [3.8, 4) is 11.5 Å². The van der Waals surface area contributed by atoms with Crippen LogP contribution in [-0.4, -0.2) is 42.5 Å². The number of nitrogens with one attached hydrogen (secondary N) is 1. The molecule has 4 aromatic rings. The summed E-state index contributed by atoms with van der Waals surface area (Å²) >= 11 is 0. The Bertz CT molecular complexity index is 1080. The molecule has 0 heterocycles. The van der Waals surface area contributed by atoms with Crippen molar-refractivity contribution in [3.63, 3.8) is 0 Å². The second kappa shape index (κ2) is 19.2. The first kappa shape index (κ1) is 33.0. The van der Waals surface area contributed by atoms with Crippen LogP contribution in [0.3, 0.4) is 0 Å². The molecule has 176 valence electrons. The van der Waals surface area contributed by atoms with Gasteiger partial charge in [0.15, 0.2) is 6.21 Å². The predicted octanol–water partition coefficient (Wildman–Crippen LogP) is 0.113. The topological polar surface area (TPSA) is 92.7 Å². The summed E-state index contributed by atoms with van der Waals surface area (Å²) in [5, 5.41) is 30.4. The zero-order valence-electron chi connectivity index (χ0n) is 21.3. The first-order valence-corrected chi connectivity index (χ1v) is 10.9. The molecule has 0 saturated heterocycles. The standard InChI is InChI=1S/2C13H11NO.C3H7O.2Li/c2*15-13-9-5-4-6-11(13)10-14-12-7-2-1-3-8-12;1-3(2)4;;/h2*1-10,15H;3H,1-2H3;;/q;;2*-1;+1. The molecular formula is C29H29Li2N2O3-. The van der Waals surface area contributed by atoms with Gasteiger partial charge in [0.25, 0.3) is 0 Å². The predicted molar refractivity (Wildman–Crippen MR) is 141 cm³/mol. The molecule has 7 heteroatoms. The minimum Gasteiger partial charge on any atom is -1.00 e. The van der Waals surface area contributed by atoms with Gasteiger partial charge in [0.1, 0.15) is 5.75 Å². The fraction of sp³-hybridized carbons (Fsp3) is 0.103. The maximum atomic E-state index is 11.4. The molecule has 0 fully saturated rings. The fourth-order valence-corrected chi connectivity index (χ4v) is 2.55. The first-order chi connectivity index (χ1) is 16.5. The molecular weight excluding hydrogens is 438 g/mol. The molecule has 0 amide bonds. The third-order valence-corrected chi connectivity index (χ3v) is 4.13. The monoisotopic (exact) mass is 467 g/mol. The van der Waals surface area contributed by atoms with E-state index in [0.29, 0.717) is 5.56 Å². The average molecular weight is 467 g/mol. The van der Waals surface area contributed by atoms with Crippen LogP contribution in [0.4, 0.5) is 11.4 Å². The number of nitrogens with zero attached hydrogens (tertiary/aromatic N) is 1. The first-order valence-electron chi connectivity index (χ1n) is 10.9. The minimum absolute atomic E-state index is 0. The Hall–Kier alpha value is -3.03. The van der Waals surface area contributed by atoms with E-state index in [1.807, 2.05) is 78.9 Å². The number of phenols is 1. The van der Waals surface area contributed by atoms with E-state index in [1.54, 1.807) is 56.6 Å². The van der Waals surface area contributed by atoms with E-state index in [2.05, 4.69) is 9.98 Å². The number of hydrogen-bond acceptors (Lipinski definition) is 4. The van der Waals surface area contributed by atoms with E-state index < -0.39 is 6.10 Å². The Morgan fingerprint density at radius 3 is 1.78 bits per heavy atom. The molecule has 0 unspecified atom stereocenters. The molecule has 0 aliphatic heterocycles. The molecule has 5 nitrogen and oxygen atoms in total. The zero-order chi connectivity index (χ0) is 24.6. The van der Waals surface area contributed by atoms with Crippen LogP contribution in [0.1, 0.15) is 25.0 Å². The van der Waals surface area contributed by atoms with Crippen molar-refractivity contribution >= 4 is 42.7 Å². The van der Waals surface area contributed by atoms with E-state index in [9.17, 15) is 15.3 Å². The maximum absolute atomic E-state index is 11.4. The average Bonchev–Trinajstić information content (AvgIpc) is 2.84. The molecule has 0 aromatic heterocycles. The van der Waals surface area contributed by atoms with Crippen molar-refractivity contribution < 1.29 is 39.2 Å². The van der Waals surface area contributed by atoms with Crippen LogP contribution in [0.15, 0.2) is 114 Å². The Balaban J connectivity index is 0.000000566. The van der Waals surface area contributed by atoms with Gasteiger partial charge in [0.05, 0.1) is 5.69 Å². The van der Waals surface area contributed by atoms with Crippen molar-refractivity contribution in [3.05, 3.63) is 120 Å². The molecule has 2 radical (unpaired) electrons. The fourth-order valence-electron chi connectivity index (χ4n) is 2.55. The number of rotatable bonds is 4. The van der Waals surface area contributed by atoms with Gasteiger partial charge >= 0.3 is 18.9 Å². The molecule has 0 aliphatic rings. The van der Waals surface area contributed by atoms with Crippen LogP contribution in [0, 0.1) is 0 Å². The molecule has 0 atom stereocenters. The van der Waals surface area contributed by atoms with Crippen LogP contribution in [0.25, 0.3) is 0 Å². The van der Waals surface area contributed by atoms with Crippen molar-refractivity contribution in [1.82, 2.24) is 0 Å². The summed E-state index contributed by atoms with van der Waals surface area (Å²) in [6.45, 7) is 3.22. The van der Waals surface area contributed by atoms with E-state index in [0.717, 1.165) is 16.9 Å². The molecule has 4 aromatic carbocycles. The normalized spacial score (nSPS) is 9.89. The summed E-state index contributed by atoms with van der Waals surface area (Å²) < 4.78 is 0. The molecule has 0 bridgehead atoms. The Labute approximate surface area is 237 Å².